The summed E-state index contributed by atoms with van der Waals surface area (Å²) < 4.78 is 9.76. The lowest BCUT2D eigenvalue weighted by molar-refractivity contribution is -0.149. The molecule has 1 aromatic heterocycles. The predicted octanol–water partition coefficient (Wildman–Crippen LogP) is 1.62. The third kappa shape index (κ3) is 8.24. The molecule has 0 radical (unpaired) electrons. The van der Waals surface area contributed by atoms with E-state index in [4.69, 9.17) is 26.8 Å². The van der Waals surface area contributed by atoms with Gasteiger partial charge in [0.05, 0.1) is 29.6 Å². The van der Waals surface area contributed by atoms with Gasteiger partial charge in [0.1, 0.15) is 11.4 Å². The lowest BCUT2D eigenvalue weighted by atomic mass is 10.3. The SMILES string of the molecule is CCOC(=O)c1cnc(SCC(=O)OCC(=O)N(C)CC(=O)Nc2ccccc2Cl)nc1N. The van der Waals surface area contributed by atoms with Crippen LogP contribution in [-0.4, -0.2) is 71.2 Å². The number of nitrogen functional groups attached to an aromatic ring is 1. The standard InChI is InChI=1S/C20H22ClN5O6S/c1-3-31-19(30)12-8-23-20(25-18(12)22)33-11-17(29)32-10-16(28)26(2)9-15(27)24-14-7-5-4-6-13(14)21/h4-8H,3,9-11H2,1-2H3,(H,24,27)(H2,22,23,25). The Morgan fingerprint density at radius 2 is 1.94 bits per heavy atom. The van der Waals surface area contributed by atoms with Gasteiger partial charge in [0.25, 0.3) is 5.91 Å². The maximum atomic E-state index is 12.1. The molecule has 2 aromatic rings. The van der Waals surface area contributed by atoms with E-state index in [-0.39, 0.29) is 35.4 Å². The van der Waals surface area contributed by atoms with Crippen molar-refractivity contribution in [2.75, 3.05) is 43.6 Å². The Kier molecular flexibility index (Phi) is 9.88. The molecule has 3 N–H and O–H groups in total. The zero-order chi connectivity index (χ0) is 24.4. The van der Waals surface area contributed by atoms with Crippen molar-refractivity contribution in [3.8, 4) is 0 Å². The number of anilines is 2. The number of thioether (sulfide) groups is 1. The van der Waals surface area contributed by atoms with E-state index in [9.17, 15) is 19.2 Å². The van der Waals surface area contributed by atoms with Gasteiger partial charge in [0.15, 0.2) is 11.8 Å². The smallest absolute Gasteiger partial charge is 0.343 e. The summed E-state index contributed by atoms with van der Waals surface area (Å²) in [5.41, 5.74) is 6.16. The summed E-state index contributed by atoms with van der Waals surface area (Å²) in [6.45, 7) is 1.04. The first-order valence-corrected chi connectivity index (χ1v) is 10.9. The number of carbonyl (C=O) groups excluding carboxylic acids is 4. The van der Waals surface area contributed by atoms with Gasteiger partial charge >= 0.3 is 11.9 Å². The molecule has 33 heavy (non-hydrogen) atoms. The van der Waals surface area contributed by atoms with Crippen LogP contribution in [0.25, 0.3) is 0 Å². The van der Waals surface area contributed by atoms with Crippen LogP contribution in [0.1, 0.15) is 17.3 Å². The van der Waals surface area contributed by atoms with Crippen LogP contribution in [0, 0.1) is 0 Å². The van der Waals surface area contributed by atoms with Crippen molar-refractivity contribution in [2.45, 2.75) is 12.1 Å². The number of likely N-dealkylation sites (N-methyl/N-ethyl adjacent to an activating group) is 1. The van der Waals surface area contributed by atoms with Crippen molar-refractivity contribution >= 4 is 58.6 Å². The van der Waals surface area contributed by atoms with E-state index < -0.39 is 30.4 Å². The molecule has 0 saturated heterocycles. The van der Waals surface area contributed by atoms with Crippen LogP contribution < -0.4 is 11.1 Å². The fourth-order valence-corrected chi connectivity index (χ4v) is 3.09. The number of halogens is 1. The highest BCUT2D eigenvalue weighted by Crippen LogP contribution is 2.20. The number of aromatic nitrogens is 2. The third-order valence-corrected chi connectivity index (χ3v) is 5.09. The molecule has 11 nitrogen and oxygen atoms in total. The van der Waals surface area contributed by atoms with Gasteiger partial charge in [-0.3, -0.25) is 14.4 Å². The van der Waals surface area contributed by atoms with Crippen molar-refractivity contribution in [1.29, 1.82) is 0 Å². The van der Waals surface area contributed by atoms with Crippen molar-refractivity contribution in [1.82, 2.24) is 14.9 Å². The molecular weight excluding hydrogens is 474 g/mol. The van der Waals surface area contributed by atoms with Crippen LogP contribution in [-0.2, 0) is 23.9 Å². The predicted molar refractivity (Wildman–Crippen MR) is 122 cm³/mol. The second kappa shape index (κ2) is 12.6. The number of ether oxygens (including phenoxy) is 2. The van der Waals surface area contributed by atoms with Crippen LogP contribution in [0.2, 0.25) is 5.02 Å². The molecule has 0 unspecified atom stereocenters. The van der Waals surface area contributed by atoms with Crippen molar-refractivity contribution in [3.63, 3.8) is 0 Å². The van der Waals surface area contributed by atoms with Gasteiger partial charge in [-0.2, -0.15) is 0 Å². The molecule has 0 aliphatic carbocycles. The minimum Gasteiger partial charge on any atom is -0.462 e. The molecule has 1 heterocycles. The van der Waals surface area contributed by atoms with Crippen molar-refractivity contribution < 1.29 is 28.7 Å². The molecule has 0 fully saturated rings. The largest absolute Gasteiger partial charge is 0.462 e. The molecule has 0 aliphatic rings. The van der Waals surface area contributed by atoms with E-state index in [0.717, 1.165) is 16.7 Å². The molecular formula is C20H22ClN5O6S. The van der Waals surface area contributed by atoms with Gasteiger partial charge < -0.3 is 25.4 Å². The van der Waals surface area contributed by atoms with E-state index in [1.807, 2.05) is 0 Å². The highest BCUT2D eigenvalue weighted by molar-refractivity contribution is 7.99. The van der Waals surface area contributed by atoms with Crippen LogP contribution in [0.4, 0.5) is 11.5 Å². The molecule has 176 valence electrons. The molecule has 2 amide bonds. The topological polar surface area (TPSA) is 154 Å². The van der Waals surface area contributed by atoms with Gasteiger partial charge in [-0.1, -0.05) is 35.5 Å². The van der Waals surface area contributed by atoms with Crippen LogP contribution in [0.5, 0.6) is 0 Å². The normalized spacial score (nSPS) is 10.3. The van der Waals surface area contributed by atoms with E-state index in [0.29, 0.717) is 10.7 Å². The molecule has 0 atom stereocenters. The average Bonchev–Trinajstić information content (AvgIpc) is 2.77. The van der Waals surface area contributed by atoms with Gasteiger partial charge in [-0.25, -0.2) is 14.8 Å². The van der Waals surface area contributed by atoms with Gasteiger partial charge in [-0.05, 0) is 19.1 Å². The number of hydrogen-bond acceptors (Lipinski definition) is 10. The summed E-state index contributed by atoms with van der Waals surface area (Å²) in [5, 5.41) is 3.11. The molecule has 0 saturated carbocycles. The molecule has 0 bridgehead atoms. The van der Waals surface area contributed by atoms with Crippen molar-refractivity contribution in [3.05, 3.63) is 41.0 Å². The van der Waals surface area contributed by atoms with Gasteiger partial charge in [-0.15, -0.1) is 0 Å². The second-order valence-corrected chi connectivity index (χ2v) is 7.75. The molecule has 1 aromatic carbocycles. The first kappa shape index (κ1) is 25.9. The average molecular weight is 496 g/mol. The molecule has 2 rings (SSSR count). The summed E-state index contributed by atoms with van der Waals surface area (Å²) >= 11 is 6.90. The third-order valence-electron chi connectivity index (χ3n) is 3.92. The molecule has 13 heteroatoms. The zero-order valence-corrected chi connectivity index (χ0v) is 19.4. The minimum atomic E-state index is -0.695. The van der Waals surface area contributed by atoms with E-state index in [2.05, 4.69) is 15.3 Å². The quantitative estimate of drug-likeness (QED) is 0.282. The Hall–Kier alpha value is -3.38. The van der Waals surface area contributed by atoms with Crippen LogP contribution in [0.15, 0.2) is 35.6 Å². The Labute approximate surface area is 199 Å². The second-order valence-electron chi connectivity index (χ2n) is 6.40. The number of hydrogen-bond donors (Lipinski definition) is 2. The van der Waals surface area contributed by atoms with E-state index in [1.54, 1.807) is 31.2 Å². The van der Waals surface area contributed by atoms with Gasteiger partial charge in [0.2, 0.25) is 5.91 Å². The number of benzene rings is 1. The number of rotatable bonds is 10. The Bertz CT molecular complexity index is 1040. The number of nitrogens with two attached hydrogens (primary N) is 1. The number of para-hydroxylation sites is 1. The number of nitrogens with one attached hydrogen (secondary N) is 1. The fourth-order valence-electron chi connectivity index (χ4n) is 2.29. The highest BCUT2D eigenvalue weighted by atomic mass is 35.5. The number of nitrogens with zero attached hydrogens (tertiary/aromatic N) is 3. The monoisotopic (exact) mass is 495 g/mol. The summed E-state index contributed by atoms with van der Waals surface area (Å²) in [6.07, 6.45) is 1.21. The number of amides is 2. The Balaban J connectivity index is 1.75. The number of carbonyl (C=O) groups is 4. The zero-order valence-electron chi connectivity index (χ0n) is 17.9. The Morgan fingerprint density at radius 3 is 2.61 bits per heavy atom. The molecule has 0 aliphatic heterocycles. The first-order chi connectivity index (χ1) is 15.7. The van der Waals surface area contributed by atoms with Crippen LogP contribution in [0.3, 0.4) is 0 Å². The maximum absolute atomic E-state index is 12.1. The minimum absolute atomic E-state index is 0.0241. The van der Waals surface area contributed by atoms with Crippen LogP contribution >= 0.6 is 23.4 Å². The fraction of sp³-hybridized carbons (Fsp3) is 0.300. The summed E-state index contributed by atoms with van der Waals surface area (Å²) in [7, 11) is 1.40. The summed E-state index contributed by atoms with van der Waals surface area (Å²) in [5.74, 6) is -2.63. The Morgan fingerprint density at radius 1 is 1.21 bits per heavy atom. The highest BCUT2D eigenvalue weighted by Gasteiger charge is 2.17. The van der Waals surface area contributed by atoms with E-state index in [1.165, 1.54) is 13.2 Å². The summed E-state index contributed by atoms with van der Waals surface area (Å²) in [6, 6.07) is 6.68. The number of esters is 2. The lowest BCUT2D eigenvalue weighted by Gasteiger charge is -2.17. The maximum Gasteiger partial charge on any atom is 0.343 e. The molecule has 0 spiro atoms. The van der Waals surface area contributed by atoms with E-state index >= 15 is 0 Å². The van der Waals surface area contributed by atoms with Crippen molar-refractivity contribution in [2.24, 2.45) is 0 Å². The lowest BCUT2D eigenvalue weighted by Crippen LogP contribution is -2.37. The van der Waals surface area contributed by atoms with Gasteiger partial charge in [0, 0.05) is 13.2 Å². The summed E-state index contributed by atoms with van der Waals surface area (Å²) in [4.78, 5) is 56.8. The first-order valence-electron chi connectivity index (χ1n) is 9.57.